The highest BCUT2D eigenvalue weighted by molar-refractivity contribution is 5.58. The van der Waals surface area contributed by atoms with Gasteiger partial charge in [-0.25, -0.2) is 4.98 Å². The van der Waals surface area contributed by atoms with Crippen molar-refractivity contribution in [2.45, 2.75) is 32.2 Å². The number of benzene rings is 1. The van der Waals surface area contributed by atoms with Crippen molar-refractivity contribution in [1.82, 2.24) is 4.98 Å². The molecule has 1 unspecified atom stereocenters. The van der Waals surface area contributed by atoms with Crippen molar-refractivity contribution in [3.8, 4) is 11.5 Å². The maximum absolute atomic E-state index is 5.94. The topological polar surface area (TPSA) is 52.0 Å². The number of aryl methyl sites for hydroxylation is 2. The van der Waals surface area contributed by atoms with E-state index in [1.165, 1.54) is 5.56 Å². The molecule has 2 N–H and O–H groups in total. The molecule has 1 aromatic heterocycles. The highest BCUT2D eigenvalue weighted by atomic mass is 16.4. The minimum Gasteiger partial charge on any atom is -0.441 e. The molecule has 3 heteroatoms. The molecule has 0 saturated carbocycles. The van der Waals surface area contributed by atoms with E-state index in [-0.39, 0.29) is 6.04 Å². The molecule has 1 aliphatic carbocycles. The summed E-state index contributed by atoms with van der Waals surface area (Å²) in [6.45, 7) is 2.07. The van der Waals surface area contributed by atoms with Crippen LogP contribution < -0.4 is 5.73 Å². The van der Waals surface area contributed by atoms with Gasteiger partial charge in [0.25, 0.3) is 0 Å². The first-order valence-electron chi connectivity index (χ1n) is 6.04. The molecule has 0 bridgehead atoms. The summed E-state index contributed by atoms with van der Waals surface area (Å²) in [6.07, 6.45) is 2.76. The molecule has 0 spiro atoms. The number of aromatic nitrogens is 1. The first-order chi connectivity index (χ1) is 8.24. The Bertz CT molecular complexity index is 545. The van der Waals surface area contributed by atoms with Crippen molar-refractivity contribution in [3.05, 3.63) is 41.3 Å². The largest absolute Gasteiger partial charge is 0.441 e. The molecular formula is C14H16N2O. The first kappa shape index (κ1) is 10.5. The van der Waals surface area contributed by atoms with Crippen molar-refractivity contribution in [1.29, 1.82) is 0 Å². The van der Waals surface area contributed by atoms with Crippen molar-refractivity contribution >= 4 is 0 Å². The Morgan fingerprint density at radius 2 is 2.18 bits per heavy atom. The molecule has 0 radical (unpaired) electrons. The molecule has 3 rings (SSSR count). The van der Waals surface area contributed by atoms with Crippen molar-refractivity contribution in [2.24, 2.45) is 5.73 Å². The van der Waals surface area contributed by atoms with E-state index < -0.39 is 0 Å². The lowest BCUT2D eigenvalue weighted by molar-refractivity contribution is 0.456. The Morgan fingerprint density at radius 3 is 3.00 bits per heavy atom. The van der Waals surface area contributed by atoms with Crippen LogP contribution in [-0.4, -0.2) is 11.0 Å². The lowest BCUT2D eigenvalue weighted by Gasteiger charge is -2.14. The predicted octanol–water partition coefficient (Wildman–Crippen LogP) is 2.47. The molecule has 0 aliphatic heterocycles. The fraction of sp³-hybridized carbons (Fsp3) is 0.357. The quantitative estimate of drug-likeness (QED) is 0.815. The van der Waals surface area contributed by atoms with Gasteiger partial charge in [-0.05, 0) is 31.4 Å². The zero-order valence-corrected chi connectivity index (χ0v) is 9.94. The van der Waals surface area contributed by atoms with E-state index in [2.05, 4.69) is 18.0 Å². The first-order valence-corrected chi connectivity index (χ1v) is 6.04. The average molecular weight is 228 g/mol. The van der Waals surface area contributed by atoms with Crippen LogP contribution in [0, 0.1) is 6.92 Å². The number of nitrogens with two attached hydrogens (primary N) is 1. The second-order valence-corrected chi connectivity index (χ2v) is 4.71. The standard InChI is InChI=1S/C14H16N2O/c1-9-4-2-3-5-11(9)14-16-12-7-6-10(15)8-13(12)17-14/h2-5,10H,6-8,15H2,1H3. The maximum atomic E-state index is 5.94. The lowest BCUT2D eigenvalue weighted by atomic mass is 9.98. The number of hydrogen-bond donors (Lipinski definition) is 1. The van der Waals surface area contributed by atoms with Crippen LogP contribution in [0.5, 0.6) is 0 Å². The zero-order chi connectivity index (χ0) is 11.8. The number of rotatable bonds is 1. The summed E-state index contributed by atoms with van der Waals surface area (Å²) in [4.78, 5) is 4.59. The monoisotopic (exact) mass is 228 g/mol. The normalized spacial score (nSPS) is 19.1. The Hall–Kier alpha value is -1.61. The molecule has 3 nitrogen and oxygen atoms in total. The fourth-order valence-corrected chi connectivity index (χ4v) is 2.33. The van der Waals surface area contributed by atoms with Gasteiger partial charge in [-0.3, -0.25) is 0 Å². The van der Waals surface area contributed by atoms with Crippen LogP contribution in [0.25, 0.3) is 11.5 Å². The van der Waals surface area contributed by atoms with Crippen molar-refractivity contribution < 1.29 is 4.42 Å². The summed E-state index contributed by atoms with van der Waals surface area (Å²) in [6, 6.07) is 8.38. The van der Waals surface area contributed by atoms with Crippen LogP contribution in [0.4, 0.5) is 0 Å². The second-order valence-electron chi connectivity index (χ2n) is 4.71. The van der Waals surface area contributed by atoms with E-state index >= 15 is 0 Å². The minimum atomic E-state index is 0.222. The third-order valence-corrected chi connectivity index (χ3v) is 3.35. The summed E-state index contributed by atoms with van der Waals surface area (Å²) in [5.41, 5.74) is 9.30. The third-order valence-electron chi connectivity index (χ3n) is 3.35. The molecule has 1 heterocycles. The van der Waals surface area contributed by atoms with Gasteiger partial charge in [-0.2, -0.15) is 0 Å². The van der Waals surface area contributed by atoms with Crippen molar-refractivity contribution in [2.75, 3.05) is 0 Å². The molecule has 2 aromatic rings. The Kier molecular flexibility index (Phi) is 2.48. The van der Waals surface area contributed by atoms with Crippen LogP contribution in [0.15, 0.2) is 28.7 Å². The second kappa shape index (κ2) is 4.00. The smallest absolute Gasteiger partial charge is 0.226 e. The van der Waals surface area contributed by atoms with Crippen molar-refractivity contribution in [3.63, 3.8) is 0 Å². The summed E-state index contributed by atoms with van der Waals surface area (Å²) >= 11 is 0. The van der Waals surface area contributed by atoms with Gasteiger partial charge in [-0.1, -0.05) is 18.2 Å². The van der Waals surface area contributed by atoms with Gasteiger partial charge >= 0.3 is 0 Å². The summed E-state index contributed by atoms with van der Waals surface area (Å²) in [7, 11) is 0. The van der Waals surface area contributed by atoms with Crippen LogP contribution >= 0.6 is 0 Å². The number of fused-ring (bicyclic) bond motifs is 1. The molecule has 1 aliphatic rings. The van der Waals surface area contributed by atoms with E-state index in [9.17, 15) is 0 Å². The lowest BCUT2D eigenvalue weighted by Crippen LogP contribution is -2.27. The van der Waals surface area contributed by atoms with E-state index in [4.69, 9.17) is 10.2 Å². The molecule has 88 valence electrons. The number of oxazole rings is 1. The fourth-order valence-electron chi connectivity index (χ4n) is 2.33. The Morgan fingerprint density at radius 1 is 1.35 bits per heavy atom. The van der Waals surface area contributed by atoms with Gasteiger partial charge in [0.15, 0.2) is 0 Å². The van der Waals surface area contributed by atoms with Gasteiger partial charge in [0.1, 0.15) is 5.76 Å². The minimum absolute atomic E-state index is 0.222. The Balaban J connectivity index is 2.03. The summed E-state index contributed by atoms with van der Waals surface area (Å²) in [5, 5.41) is 0. The van der Waals surface area contributed by atoms with E-state index in [0.29, 0.717) is 0 Å². The molecule has 0 saturated heterocycles. The highest BCUT2D eigenvalue weighted by Crippen LogP contribution is 2.28. The number of nitrogens with zero attached hydrogens (tertiary/aromatic N) is 1. The molecule has 1 atom stereocenters. The van der Waals surface area contributed by atoms with E-state index in [1.807, 2.05) is 18.2 Å². The van der Waals surface area contributed by atoms with E-state index in [0.717, 1.165) is 42.2 Å². The van der Waals surface area contributed by atoms with Crippen LogP contribution in [0.1, 0.15) is 23.4 Å². The third kappa shape index (κ3) is 1.87. The SMILES string of the molecule is Cc1ccccc1-c1nc2c(o1)CC(N)CC2. The zero-order valence-electron chi connectivity index (χ0n) is 9.94. The van der Waals surface area contributed by atoms with Gasteiger partial charge in [0.05, 0.1) is 5.69 Å². The van der Waals surface area contributed by atoms with Gasteiger partial charge in [-0.15, -0.1) is 0 Å². The van der Waals surface area contributed by atoms with Gasteiger partial charge in [0.2, 0.25) is 5.89 Å². The van der Waals surface area contributed by atoms with Crippen LogP contribution in [0.2, 0.25) is 0 Å². The highest BCUT2D eigenvalue weighted by Gasteiger charge is 2.22. The molecule has 1 aromatic carbocycles. The molecule has 17 heavy (non-hydrogen) atoms. The van der Waals surface area contributed by atoms with Crippen LogP contribution in [-0.2, 0) is 12.8 Å². The van der Waals surface area contributed by atoms with Crippen LogP contribution in [0.3, 0.4) is 0 Å². The van der Waals surface area contributed by atoms with E-state index in [1.54, 1.807) is 0 Å². The van der Waals surface area contributed by atoms with Gasteiger partial charge in [0, 0.05) is 18.0 Å². The molecule has 0 fully saturated rings. The number of hydrogen-bond acceptors (Lipinski definition) is 3. The predicted molar refractivity (Wildman–Crippen MR) is 66.7 cm³/mol. The summed E-state index contributed by atoms with van der Waals surface area (Å²) < 4.78 is 5.85. The summed E-state index contributed by atoms with van der Waals surface area (Å²) in [5.74, 6) is 1.71. The molecular weight excluding hydrogens is 212 g/mol. The molecule has 0 amide bonds. The average Bonchev–Trinajstić information content (AvgIpc) is 2.72. The maximum Gasteiger partial charge on any atom is 0.226 e. The van der Waals surface area contributed by atoms with Gasteiger partial charge < -0.3 is 10.2 Å². The Labute approximate surface area is 101 Å².